The van der Waals surface area contributed by atoms with Gasteiger partial charge in [0.1, 0.15) is 5.00 Å². The maximum atomic E-state index is 12.5. The lowest BCUT2D eigenvalue weighted by Crippen LogP contribution is -2.51. The van der Waals surface area contributed by atoms with Gasteiger partial charge in [0.15, 0.2) is 10.9 Å². The summed E-state index contributed by atoms with van der Waals surface area (Å²) in [6, 6.07) is 15.1. The lowest BCUT2D eigenvalue weighted by Gasteiger charge is -2.35. The van der Waals surface area contributed by atoms with E-state index in [0.29, 0.717) is 54.2 Å². The van der Waals surface area contributed by atoms with Crippen molar-refractivity contribution in [3.8, 4) is 10.4 Å². The molecule has 4 rings (SSSR count). The summed E-state index contributed by atoms with van der Waals surface area (Å²) in [5.41, 5.74) is 1.48. The first kappa shape index (κ1) is 22.0. The Morgan fingerprint density at radius 1 is 1.09 bits per heavy atom. The first-order chi connectivity index (χ1) is 15.6. The number of hydrogen-bond acceptors (Lipinski definition) is 6. The van der Waals surface area contributed by atoms with Gasteiger partial charge in [-0.1, -0.05) is 30.3 Å². The van der Waals surface area contributed by atoms with E-state index in [0.717, 1.165) is 10.4 Å². The quantitative estimate of drug-likeness (QED) is 0.440. The van der Waals surface area contributed by atoms with Gasteiger partial charge in [0.05, 0.1) is 18.4 Å². The predicted molar refractivity (Wildman–Crippen MR) is 128 cm³/mol. The number of nitrogens with zero attached hydrogens (tertiary/aromatic N) is 2. The third-order valence-electron chi connectivity index (χ3n) is 5.09. The van der Waals surface area contributed by atoms with E-state index in [2.05, 4.69) is 5.32 Å². The largest absolute Gasteiger partial charge is 0.462 e. The highest BCUT2D eigenvalue weighted by molar-refractivity contribution is 7.80. The molecule has 1 aliphatic heterocycles. The number of furan rings is 1. The summed E-state index contributed by atoms with van der Waals surface area (Å²) >= 11 is 7.08. The van der Waals surface area contributed by atoms with E-state index >= 15 is 0 Å². The summed E-state index contributed by atoms with van der Waals surface area (Å²) in [5.74, 6) is -0.167. The van der Waals surface area contributed by atoms with Gasteiger partial charge < -0.3 is 24.3 Å². The molecule has 0 spiro atoms. The van der Waals surface area contributed by atoms with Crippen LogP contribution in [0.3, 0.4) is 0 Å². The third kappa shape index (κ3) is 4.84. The fourth-order valence-corrected chi connectivity index (χ4v) is 4.83. The highest BCUT2D eigenvalue weighted by atomic mass is 32.1. The molecule has 0 bridgehead atoms. The molecule has 9 heteroatoms. The number of nitrogens with one attached hydrogen (secondary N) is 1. The molecule has 0 radical (unpaired) electrons. The zero-order valence-electron chi connectivity index (χ0n) is 17.6. The minimum atomic E-state index is -0.384. The smallest absolute Gasteiger partial charge is 0.341 e. The molecule has 3 heterocycles. The van der Waals surface area contributed by atoms with E-state index in [1.165, 1.54) is 17.6 Å². The number of carbonyl (C=O) groups excluding carboxylic acids is 2. The van der Waals surface area contributed by atoms with Gasteiger partial charge in [-0.3, -0.25) is 4.79 Å². The molecule has 0 unspecified atom stereocenters. The van der Waals surface area contributed by atoms with Crippen LogP contribution in [0.5, 0.6) is 0 Å². The van der Waals surface area contributed by atoms with E-state index in [4.69, 9.17) is 21.4 Å². The van der Waals surface area contributed by atoms with Crippen LogP contribution in [-0.2, 0) is 4.74 Å². The number of thiocarbonyl (C=S) groups is 1. The van der Waals surface area contributed by atoms with Crippen LogP contribution >= 0.6 is 23.6 Å². The van der Waals surface area contributed by atoms with Crippen molar-refractivity contribution < 1.29 is 18.7 Å². The number of piperazine rings is 1. The van der Waals surface area contributed by atoms with Gasteiger partial charge in [-0.25, -0.2) is 4.79 Å². The van der Waals surface area contributed by atoms with Crippen molar-refractivity contribution in [3.05, 3.63) is 66.1 Å². The Balaban J connectivity index is 1.45. The number of rotatable bonds is 5. The van der Waals surface area contributed by atoms with Gasteiger partial charge in [0.25, 0.3) is 5.91 Å². The number of carbonyl (C=O) groups is 2. The number of benzene rings is 1. The van der Waals surface area contributed by atoms with Crippen molar-refractivity contribution in [1.29, 1.82) is 0 Å². The Bertz CT molecular complexity index is 1090. The summed E-state index contributed by atoms with van der Waals surface area (Å²) in [7, 11) is 0. The molecular weight excluding hydrogens is 446 g/mol. The van der Waals surface area contributed by atoms with E-state index < -0.39 is 0 Å². The lowest BCUT2D eigenvalue weighted by molar-refractivity contribution is 0.0527. The highest BCUT2D eigenvalue weighted by Gasteiger charge is 2.26. The molecule has 1 saturated heterocycles. The number of anilines is 1. The Morgan fingerprint density at radius 3 is 2.47 bits per heavy atom. The van der Waals surface area contributed by atoms with Crippen molar-refractivity contribution in [3.63, 3.8) is 0 Å². The average Bonchev–Trinajstić information content (AvgIpc) is 3.50. The van der Waals surface area contributed by atoms with Gasteiger partial charge >= 0.3 is 5.97 Å². The van der Waals surface area contributed by atoms with Gasteiger partial charge in [0.2, 0.25) is 0 Å². The standard InChI is InChI=1S/C23H23N3O4S2/c1-2-29-22(28)17-15-19(16-7-4-3-5-8-16)32-20(17)24-23(31)26-12-10-25(11-13-26)21(27)18-9-6-14-30-18/h3-9,14-15H,2,10-13H2,1H3,(H,24,31). The first-order valence-corrected chi connectivity index (χ1v) is 11.5. The molecule has 7 nitrogen and oxygen atoms in total. The number of esters is 1. The summed E-state index contributed by atoms with van der Waals surface area (Å²) in [6.45, 7) is 4.32. The summed E-state index contributed by atoms with van der Waals surface area (Å²) in [5, 5.41) is 4.40. The van der Waals surface area contributed by atoms with E-state index in [-0.39, 0.29) is 11.9 Å². The van der Waals surface area contributed by atoms with E-state index in [1.54, 1.807) is 24.0 Å². The van der Waals surface area contributed by atoms with Gasteiger partial charge in [-0.2, -0.15) is 0 Å². The number of amides is 1. The van der Waals surface area contributed by atoms with Crippen LogP contribution in [0.1, 0.15) is 27.8 Å². The second-order valence-corrected chi connectivity index (χ2v) is 8.57. The maximum absolute atomic E-state index is 12.5. The predicted octanol–water partition coefficient (Wildman–Crippen LogP) is 4.34. The molecule has 0 saturated carbocycles. The van der Waals surface area contributed by atoms with Crippen molar-refractivity contribution in [2.45, 2.75) is 6.92 Å². The van der Waals surface area contributed by atoms with Crippen molar-refractivity contribution in [2.75, 3.05) is 38.1 Å². The maximum Gasteiger partial charge on any atom is 0.341 e. The molecule has 1 N–H and O–H groups in total. The zero-order valence-corrected chi connectivity index (χ0v) is 19.2. The molecule has 1 amide bonds. The Hall–Kier alpha value is -3.17. The highest BCUT2D eigenvalue weighted by Crippen LogP contribution is 2.36. The fourth-order valence-electron chi connectivity index (χ4n) is 3.43. The van der Waals surface area contributed by atoms with Crippen LogP contribution in [0.4, 0.5) is 5.00 Å². The van der Waals surface area contributed by atoms with Crippen LogP contribution in [0.25, 0.3) is 10.4 Å². The normalized spacial score (nSPS) is 13.7. The number of thiophene rings is 1. The SMILES string of the molecule is CCOC(=O)c1cc(-c2ccccc2)sc1NC(=S)N1CCN(C(=O)c2ccco2)CC1. The Morgan fingerprint density at radius 2 is 1.81 bits per heavy atom. The molecule has 3 aromatic rings. The molecule has 166 valence electrons. The minimum absolute atomic E-state index is 0.121. The van der Waals surface area contributed by atoms with Crippen LogP contribution < -0.4 is 5.32 Å². The third-order valence-corrected chi connectivity index (χ3v) is 6.55. The first-order valence-electron chi connectivity index (χ1n) is 10.3. The van der Waals surface area contributed by atoms with Crippen LogP contribution in [0.2, 0.25) is 0 Å². The minimum Gasteiger partial charge on any atom is -0.462 e. The summed E-state index contributed by atoms with van der Waals surface area (Å²) in [6.07, 6.45) is 1.49. The van der Waals surface area contributed by atoms with E-state index in [1.807, 2.05) is 41.3 Å². The van der Waals surface area contributed by atoms with E-state index in [9.17, 15) is 9.59 Å². The second-order valence-electron chi connectivity index (χ2n) is 7.13. The fraction of sp³-hybridized carbons (Fsp3) is 0.261. The van der Waals surface area contributed by atoms with Crippen LogP contribution in [0, 0.1) is 0 Å². The molecule has 2 aromatic heterocycles. The monoisotopic (exact) mass is 469 g/mol. The van der Waals surface area contributed by atoms with Crippen LogP contribution in [-0.4, -0.2) is 59.6 Å². The molecule has 1 aliphatic rings. The Kier molecular flexibility index (Phi) is 6.87. The number of hydrogen-bond donors (Lipinski definition) is 1. The van der Waals surface area contributed by atoms with Gasteiger partial charge in [-0.05, 0) is 42.9 Å². The second kappa shape index (κ2) is 9.97. The summed E-state index contributed by atoms with van der Waals surface area (Å²) < 4.78 is 10.4. The molecule has 0 atom stereocenters. The van der Waals surface area contributed by atoms with Crippen molar-refractivity contribution >= 4 is 45.5 Å². The molecule has 1 fully saturated rings. The van der Waals surface area contributed by atoms with Gasteiger partial charge in [-0.15, -0.1) is 11.3 Å². The zero-order chi connectivity index (χ0) is 22.5. The van der Waals surface area contributed by atoms with Crippen molar-refractivity contribution in [1.82, 2.24) is 9.80 Å². The number of ether oxygens (including phenoxy) is 1. The molecule has 32 heavy (non-hydrogen) atoms. The Labute approximate surface area is 195 Å². The molecule has 0 aliphatic carbocycles. The molecular formula is C23H23N3O4S2. The topological polar surface area (TPSA) is 75.0 Å². The van der Waals surface area contributed by atoms with Crippen molar-refractivity contribution in [2.24, 2.45) is 0 Å². The average molecular weight is 470 g/mol. The van der Waals surface area contributed by atoms with Gasteiger partial charge in [0, 0.05) is 31.1 Å². The summed E-state index contributed by atoms with van der Waals surface area (Å²) in [4.78, 5) is 29.7. The van der Waals surface area contributed by atoms with Crippen LogP contribution in [0.15, 0.2) is 59.2 Å². The lowest BCUT2D eigenvalue weighted by atomic mass is 10.1. The molecule has 1 aromatic carbocycles.